The molecule has 2 rings (SSSR count). The maximum Gasteiger partial charge on any atom is 0.270 e. The number of hydrogen-bond donors (Lipinski definition) is 1. The first-order valence-electron chi connectivity index (χ1n) is 6.39. The fraction of sp³-hybridized carbons (Fsp3) is 0.200. The second kappa shape index (κ2) is 6.78. The molecule has 0 spiro atoms. The molecular formula is C15H14BrFN2O2. The third kappa shape index (κ3) is 4.09. The predicted octanol–water partition coefficient (Wildman–Crippen LogP) is 4.35. The quantitative estimate of drug-likeness (QED) is 0.642. The Labute approximate surface area is 130 Å². The third-order valence-electron chi connectivity index (χ3n) is 3.19. The molecule has 0 saturated heterocycles. The molecule has 2 aromatic carbocycles. The van der Waals surface area contributed by atoms with Gasteiger partial charge in [-0.2, -0.15) is 0 Å². The molecule has 1 unspecified atom stereocenters. The van der Waals surface area contributed by atoms with E-state index in [2.05, 4.69) is 21.2 Å². The number of nitrogens with one attached hydrogen (secondary N) is 1. The summed E-state index contributed by atoms with van der Waals surface area (Å²) in [6.07, 6.45) is 0. The Hall–Kier alpha value is -1.79. The lowest BCUT2D eigenvalue weighted by Crippen LogP contribution is -2.18. The first-order valence-corrected chi connectivity index (χ1v) is 7.18. The molecule has 0 saturated carbocycles. The van der Waals surface area contributed by atoms with Gasteiger partial charge in [-0.15, -0.1) is 0 Å². The number of benzene rings is 2. The van der Waals surface area contributed by atoms with Gasteiger partial charge in [0, 0.05) is 29.2 Å². The number of non-ortho nitro benzene ring substituents is 1. The highest BCUT2D eigenvalue weighted by molar-refractivity contribution is 9.10. The summed E-state index contributed by atoms with van der Waals surface area (Å²) in [4.78, 5) is 10.2. The van der Waals surface area contributed by atoms with Crippen molar-refractivity contribution in [2.45, 2.75) is 19.5 Å². The van der Waals surface area contributed by atoms with Crippen LogP contribution in [0.2, 0.25) is 0 Å². The molecule has 0 heterocycles. The summed E-state index contributed by atoms with van der Waals surface area (Å²) in [5.74, 6) is -0.266. The zero-order valence-corrected chi connectivity index (χ0v) is 12.9. The Morgan fingerprint density at radius 1 is 1.33 bits per heavy atom. The van der Waals surface area contributed by atoms with Gasteiger partial charge >= 0.3 is 0 Å². The lowest BCUT2D eigenvalue weighted by atomic mass is 10.1. The molecule has 6 heteroatoms. The zero-order valence-electron chi connectivity index (χ0n) is 11.3. The van der Waals surface area contributed by atoms with Gasteiger partial charge in [0.15, 0.2) is 0 Å². The minimum atomic E-state index is -0.433. The van der Waals surface area contributed by atoms with Gasteiger partial charge in [0.25, 0.3) is 5.69 Å². The Bertz CT molecular complexity index is 664. The molecule has 110 valence electrons. The summed E-state index contributed by atoms with van der Waals surface area (Å²) in [6.45, 7) is 2.46. The van der Waals surface area contributed by atoms with E-state index < -0.39 is 4.92 Å². The average molecular weight is 353 g/mol. The summed E-state index contributed by atoms with van der Waals surface area (Å²) in [5, 5.41) is 13.9. The Balaban J connectivity index is 2.04. The van der Waals surface area contributed by atoms with Crippen LogP contribution in [0.4, 0.5) is 10.1 Å². The van der Waals surface area contributed by atoms with Gasteiger partial charge in [-0.3, -0.25) is 10.1 Å². The van der Waals surface area contributed by atoms with Crippen LogP contribution in [0.5, 0.6) is 0 Å². The second-order valence-corrected chi connectivity index (χ2v) is 5.54. The molecule has 1 N–H and O–H groups in total. The average Bonchev–Trinajstić information content (AvgIpc) is 2.45. The molecule has 0 aliphatic carbocycles. The number of nitro benzene ring substituents is 1. The molecule has 0 bridgehead atoms. The van der Waals surface area contributed by atoms with E-state index in [1.54, 1.807) is 12.1 Å². The number of halogens is 2. The van der Waals surface area contributed by atoms with Gasteiger partial charge in [0.2, 0.25) is 0 Å². The fourth-order valence-corrected chi connectivity index (χ4v) is 2.46. The van der Waals surface area contributed by atoms with Crippen LogP contribution in [0.25, 0.3) is 0 Å². The van der Waals surface area contributed by atoms with Crippen LogP contribution in [-0.4, -0.2) is 4.92 Å². The van der Waals surface area contributed by atoms with Gasteiger partial charge in [0.05, 0.1) is 4.92 Å². The van der Waals surface area contributed by atoms with E-state index >= 15 is 0 Å². The molecule has 0 amide bonds. The number of hydrogen-bond acceptors (Lipinski definition) is 3. The minimum Gasteiger partial charge on any atom is -0.306 e. The van der Waals surface area contributed by atoms with E-state index in [0.29, 0.717) is 11.0 Å². The number of nitro groups is 1. The van der Waals surface area contributed by atoms with Crippen LogP contribution < -0.4 is 5.32 Å². The van der Waals surface area contributed by atoms with Gasteiger partial charge < -0.3 is 5.32 Å². The van der Waals surface area contributed by atoms with E-state index in [9.17, 15) is 14.5 Å². The molecule has 0 radical (unpaired) electrons. The smallest absolute Gasteiger partial charge is 0.270 e. The molecular weight excluding hydrogens is 339 g/mol. The van der Waals surface area contributed by atoms with Crippen LogP contribution in [0.1, 0.15) is 24.1 Å². The van der Waals surface area contributed by atoms with Crippen LogP contribution in [0, 0.1) is 15.9 Å². The summed E-state index contributed by atoms with van der Waals surface area (Å²) in [7, 11) is 0. The van der Waals surface area contributed by atoms with Gasteiger partial charge in [-0.05, 0) is 36.2 Å². The van der Waals surface area contributed by atoms with Crippen molar-refractivity contribution in [3.8, 4) is 0 Å². The maximum atomic E-state index is 13.2. The van der Waals surface area contributed by atoms with E-state index in [0.717, 1.165) is 11.1 Å². The van der Waals surface area contributed by atoms with E-state index in [4.69, 9.17) is 0 Å². The monoisotopic (exact) mass is 352 g/mol. The molecule has 0 aromatic heterocycles. The maximum absolute atomic E-state index is 13.2. The fourth-order valence-electron chi connectivity index (χ4n) is 1.95. The third-order valence-corrected chi connectivity index (χ3v) is 3.93. The zero-order chi connectivity index (χ0) is 15.4. The summed E-state index contributed by atoms with van der Waals surface area (Å²) in [5.41, 5.74) is 1.81. The molecule has 0 aliphatic heterocycles. The molecule has 2 aromatic rings. The van der Waals surface area contributed by atoms with Gasteiger partial charge in [-0.25, -0.2) is 4.39 Å². The largest absolute Gasteiger partial charge is 0.306 e. The van der Waals surface area contributed by atoms with Crippen molar-refractivity contribution in [3.63, 3.8) is 0 Å². The van der Waals surface area contributed by atoms with Crippen molar-refractivity contribution < 1.29 is 9.31 Å². The lowest BCUT2D eigenvalue weighted by Gasteiger charge is -2.15. The van der Waals surface area contributed by atoms with Crippen molar-refractivity contribution in [1.82, 2.24) is 5.32 Å². The Morgan fingerprint density at radius 3 is 2.71 bits per heavy atom. The highest BCUT2D eigenvalue weighted by Gasteiger charge is 2.11. The summed E-state index contributed by atoms with van der Waals surface area (Å²) >= 11 is 3.33. The first-order chi connectivity index (χ1) is 9.97. The minimum absolute atomic E-state index is 0.0252. The van der Waals surface area contributed by atoms with Gasteiger partial charge in [-0.1, -0.05) is 28.1 Å². The molecule has 0 fully saturated rings. The standard InChI is InChI=1S/C15H14BrFN2O2/c1-10(11-3-2-4-13(17)7-11)18-9-12-5-6-14(19(20)21)8-15(12)16/h2-8,10,18H,9H2,1H3. The topological polar surface area (TPSA) is 55.2 Å². The number of rotatable bonds is 5. The SMILES string of the molecule is CC(NCc1ccc([N+](=O)[O-])cc1Br)c1cccc(F)c1. The highest BCUT2D eigenvalue weighted by Crippen LogP contribution is 2.23. The summed E-state index contributed by atoms with van der Waals surface area (Å²) < 4.78 is 13.9. The molecule has 4 nitrogen and oxygen atoms in total. The van der Waals surface area contributed by atoms with Gasteiger partial charge in [0.1, 0.15) is 5.82 Å². The highest BCUT2D eigenvalue weighted by atomic mass is 79.9. The van der Waals surface area contributed by atoms with Crippen molar-refractivity contribution in [3.05, 3.63) is 74.0 Å². The molecule has 21 heavy (non-hydrogen) atoms. The first kappa shape index (κ1) is 15.6. The van der Waals surface area contributed by atoms with Crippen molar-refractivity contribution in [2.75, 3.05) is 0 Å². The lowest BCUT2D eigenvalue weighted by molar-refractivity contribution is -0.384. The number of nitrogens with zero attached hydrogens (tertiary/aromatic N) is 1. The van der Waals surface area contributed by atoms with Crippen LogP contribution in [0.3, 0.4) is 0 Å². The van der Waals surface area contributed by atoms with Crippen LogP contribution in [-0.2, 0) is 6.54 Å². The van der Waals surface area contributed by atoms with E-state index in [1.807, 2.05) is 13.0 Å². The van der Waals surface area contributed by atoms with Crippen LogP contribution in [0.15, 0.2) is 46.9 Å². The predicted molar refractivity (Wildman–Crippen MR) is 82.5 cm³/mol. The van der Waals surface area contributed by atoms with E-state index in [-0.39, 0.29) is 17.5 Å². The normalized spacial score (nSPS) is 12.1. The van der Waals surface area contributed by atoms with Crippen molar-refractivity contribution in [1.29, 1.82) is 0 Å². The Kier molecular flexibility index (Phi) is 5.03. The molecule has 0 aliphatic rings. The Morgan fingerprint density at radius 2 is 2.10 bits per heavy atom. The molecule has 1 atom stereocenters. The summed E-state index contributed by atoms with van der Waals surface area (Å²) in [6, 6.07) is 11.0. The van der Waals surface area contributed by atoms with Crippen LogP contribution >= 0.6 is 15.9 Å². The van der Waals surface area contributed by atoms with Crippen molar-refractivity contribution in [2.24, 2.45) is 0 Å². The van der Waals surface area contributed by atoms with E-state index in [1.165, 1.54) is 24.3 Å². The second-order valence-electron chi connectivity index (χ2n) is 4.69. The van der Waals surface area contributed by atoms with Crippen molar-refractivity contribution >= 4 is 21.6 Å².